The molecule has 102 valence electrons. The molecule has 1 fully saturated rings. The fraction of sp³-hybridized carbons (Fsp3) is 0.500. The quantitative estimate of drug-likeness (QED) is 0.728. The highest BCUT2D eigenvalue weighted by Crippen LogP contribution is 2.43. The minimum atomic E-state index is -0.537. The number of aromatic hydroxyl groups is 1. The summed E-state index contributed by atoms with van der Waals surface area (Å²) in [5.74, 6) is 1.72. The molecule has 3 rings (SSSR count). The predicted molar refractivity (Wildman–Crippen MR) is 74.8 cm³/mol. The SMILES string of the molecule is C[C@H](N[C@@H]1C[C@H]2CC=C[C@@H]21)[C@H](O)c1ccc(O)cc1. The number of benzene rings is 1. The van der Waals surface area contributed by atoms with Crippen LogP contribution in [0.4, 0.5) is 0 Å². The van der Waals surface area contributed by atoms with Crippen LogP contribution in [0.2, 0.25) is 0 Å². The Balaban J connectivity index is 1.59. The highest BCUT2D eigenvalue weighted by Gasteiger charge is 2.41. The lowest BCUT2D eigenvalue weighted by Gasteiger charge is -2.43. The van der Waals surface area contributed by atoms with E-state index < -0.39 is 6.10 Å². The van der Waals surface area contributed by atoms with E-state index >= 15 is 0 Å². The molecule has 3 nitrogen and oxygen atoms in total. The third kappa shape index (κ3) is 2.40. The lowest BCUT2D eigenvalue weighted by Crippen LogP contribution is -2.52. The van der Waals surface area contributed by atoms with Crippen LogP contribution < -0.4 is 5.32 Å². The Morgan fingerprint density at radius 3 is 2.68 bits per heavy atom. The molecule has 5 atom stereocenters. The lowest BCUT2D eigenvalue weighted by molar-refractivity contribution is 0.0891. The van der Waals surface area contributed by atoms with Crippen molar-refractivity contribution in [1.29, 1.82) is 0 Å². The Hall–Kier alpha value is -1.32. The summed E-state index contributed by atoms with van der Waals surface area (Å²) in [6.45, 7) is 2.02. The van der Waals surface area contributed by atoms with Crippen molar-refractivity contribution >= 4 is 0 Å². The van der Waals surface area contributed by atoms with Gasteiger partial charge in [0, 0.05) is 12.1 Å². The Bertz CT molecular complexity index is 468. The van der Waals surface area contributed by atoms with Gasteiger partial charge in [0.05, 0.1) is 6.10 Å². The van der Waals surface area contributed by atoms with Crippen LogP contribution in [-0.4, -0.2) is 22.3 Å². The molecule has 0 aromatic heterocycles. The highest BCUT2D eigenvalue weighted by molar-refractivity contribution is 5.28. The van der Waals surface area contributed by atoms with E-state index in [1.165, 1.54) is 12.8 Å². The first-order valence-corrected chi connectivity index (χ1v) is 7.05. The van der Waals surface area contributed by atoms with Gasteiger partial charge in [-0.3, -0.25) is 0 Å². The van der Waals surface area contributed by atoms with Crippen LogP contribution in [0.3, 0.4) is 0 Å². The van der Waals surface area contributed by atoms with Gasteiger partial charge in [-0.15, -0.1) is 0 Å². The summed E-state index contributed by atoms with van der Waals surface area (Å²) in [6, 6.07) is 7.30. The molecule has 0 saturated heterocycles. The van der Waals surface area contributed by atoms with Crippen molar-refractivity contribution in [2.45, 2.75) is 38.0 Å². The van der Waals surface area contributed by atoms with Crippen LogP contribution in [0, 0.1) is 11.8 Å². The number of allylic oxidation sites excluding steroid dienone is 1. The first kappa shape index (κ1) is 12.7. The first-order chi connectivity index (χ1) is 9.15. The molecule has 2 aliphatic rings. The molecule has 19 heavy (non-hydrogen) atoms. The van der Waals surface area contributed by atoms with E-state index in [-0.39, 0.29) is 11.8 Å². The summed E-state index contributed by atoms with van der Waals surface area (Å²) < 4.78 is 0. The third-order valence-corrected chi connectivity index (χ3v) is 4.55. The van der Waals surface area contributed by atoms with E-state index in [1.807, 2.05) is 6.92 Å². The van der Waals surface area contributed by atoms with E-state index in [0.717, 1.165) is 11.5 Å². The van der Waals surface area contributed by atoms with Gasteiger partial charge >= 0.3 is 0 Å². The topological polar surface area (TPSA) is 52.5 Å². The van der Waals surface area contributed by atoms with Gasteiger partial charge in [-0.1, -0.05) is 24.3 Å². The van der Waals surface area contributed by atoms with Gasteiger partial charge in [0.2, 0.25) is 0 Å². The van der Waals surface area contributed by atoms with E-state index in [9.17, 15) is 10.2 Å². The maximum Gasteiger partial charge on any atom is 0.115 e. The Morgan fingerprint density at radius 1 is 1.26 bits per heavy atom. The normalized spacial score (nSPS) is 31.6. The van der Waals surface area contributed by atoms with Gasteiger partial charge < -0.3 is 15.5 Å². The number of rotatable bonds is 4. The number of phenolic OH excluding ortho intramolecular Hbond substituents is 1. The second-order valence-electron chi connectivity index (χ2n) is 5.84. The zero-order chi connectivity index (χ0) is 13.4. The molecule has 0 spiro atoms. The van der Waals surface area contributed by atoms with Crippen molar-refractivity contribution in [1.82, 2.24) is 5.32 Å². The zero-order valence-corrected chi connectivity index (χ0v) is 11.2. The van der Waals surface area contributed by atoms with E-state index in [4.69, 9.17) is 0 Å². The van der Waals surface area contributed by atoms with Crippen molar-refractivity contribution in [3.8, 4) is 5.75 Å². The van der Waals surface area contributed by atoms with Crippen LogP contribution in [0.5, 0.6) is 5.75 Å². The van der Waals surface area contributed by atoms with Crippen molar-refractivity contribution in [3.05, 3.63) is 42.0 Å². The molecule has 0 amide bonds. The summed E-state index contributed by atoms with van der Waals surface area (Å²) in [5.41, 5.74) is 0.843. The molecule has 1 aromatic rings. The summed E-state index contributed by atoms with van der Waals surface area (Å²) in [4.78, 5) is 0. The summed E-state index contributed by atoms with van der Waals surface area (Å²) in [5, 5.41) is 23.1. The van der Waals surface area contributed by atoms with Gasteiger partial charge in [0.1, 0.15) is 5.75 Å². The standard InChI is InChI=1S/C16H21NO2/c1-10(16(19)11-5-7-13(18)8-6-11)17-15-9-12-3-2-4-14(12)15/h2,4-8,10,12,14-19H,3,9H2,1H3/t10-,12+,14-,15+,16-/m0/s1. The first-order valence-electron chi connectivity index (χ1n) is 7.05. The average molecular weight is 259 g/mol. The van der Waals surface area contributed by atoms with Gasteiger partial charge in [-0.2, -0.15) is 0 Å². The Morgan fingerprint density at radius 2 is 2.00 bits per heavy atom. The van der Waals surface area contributed by atoms with Crippen molar-refractivity contribution in [3.63, 3.8) is 0 Å². The van der Waals surface area contributed by atoms with E-state index in [0.29, 0.717) is 12.0 Å². The minimum absolute atomic E-state index is 0.0180. The smallest absolute Gasteiger partial charge is 0.115 e. The number of aliphatic hydroxyl groups excluding tert-OH is 1. The van der Waals surface area contributed by atoms with Gasteiger partial charge in [0.25, 0.3) is 0 Å². The van der Waals surface area contributed by atoms with Crippen LogP contribution in [0.15, 0.2) is 36.4 Å². The number of hydrogen-bond donors (Lipinski definition) is 3. The zero-order valence-electron chi connectivity index (χ0n) is 11.2. The predicted octanol–water partition coefficient (Wildman–Crippen LogP) is 2.37. The number of aliphatic hydroxyl groups is 1. The Labute approximate surface area is 114 Å². The van der Waals surface area contributed by atoms with E-state index in [1.54, 1.807) is 24.3 Å². The second kappa shape index (κ2) is 4.99. The molecular formula is C16H21NO2. The maximum absolute atomic E-state index is 10.3. The molecule has 0 radical (unpaired) electrons. The molecule has 1 saturated carbocycles. The molecule has 1 aromatic carbocycles. The monoisotopic (exact) mass is 259 g/mol. The Kier molecular flexibility index (Phi) is 3.33. The van der Waals surface area contributed by atoms with E-state index in [2.05, 4.69) is 17.5 Å². The number of phenols is 1. The van der Waals surface area contributed by atoms with Crippen molar-refractivity contribution in [2.75, 3.05) is 0 Å². The number of nitrogens with one attached hydrogen (secondary N) is 1. The van der Waals surface area contributed by atoms with Crippen LogP contribution in [0.1, 0.15) is 31.4 Å². The van der Waals surface area contributed by atoms with Gasteiger partial charge in [-0.25, -0.2) is 0 Å². The highest BCUT2D eigenvalue weighted by atomic mass is 16.3. The fourth-order valence-corrected chi connectivity index (χ4v) is 3.30. The molecule has 0 aliphatic heterocycles. The van der Waals surface area contributed by atoms with Gasteiger partial charge in [-0.05, 0) is 49.3 Å². The minimum Gasteiger partial charge on any atom is -0.508 e. The average Bonchev–Trinajstić information content (AvgIpc) is 2.77. The number of fused-ring (bicyclic) bond motifs is 1. The number of hydrogen-bond acceptors (Lipinski definition) is 3. The molecule has 3 heteroatoms. The summed E-state index contributed by atoms with van der Waals surface area (Å²) >= 11 is 0. The molecule has 0 heterocycles. The molecule has 2 aliphatic carbocycles. The second-order valence-corrected chi connectivity index (χ2v) is 5.84. The third-order valence-electron chi connectivity index (χ3n) is 4.55. The fourth-order valence-electron chi connectivity index (χ4n) is 3.30. The van der Waals surface area contributed by atoms with Crippen molar-refractivity contribution < 1.29 is 10.2 Å². The largest absolute Gasteiger partial charge is 0.508 e. The van der Waals surface area contributed by atoms with Crippen LogP contribution in [-0.2, 0) is 0 Å². The van der Waals surface area contributed by atoms with Crippen LogP contribution >= 0.6 is 0 Å². The maximum atomic E-state index is 10.3. The lowest BCUT2D eigenvalue weighted by atomic mass is 9.71. The molecule has 0 unspecified atom stereocenters. The summed E-state index contributed by atoms with van der Waals surface area (Å²) in [7, 11) is 0. The molecular weight excluding hydrogens is 238 g/mol. The van der Waals surface area contributed by atoms with Gasteiger partial charge in [0.15, 0.2) is 0 Å². The van der Waals surface area contributed by atoms with Crippen molar-refractivity contribution in [2.24, 2.45) is 11.8 Å². The molecule has 0 bridgehead atoms. The van der Waals surface area contributed by atoms with Crippen LogP contribution in [0.25, 0.3) is 0 Å². The molecule has 3 N–H and O–H groups in total. The summed E-state index contributed by atoms with van der Waals surface area (Å²) in [6.07, 6.45) is 6.48.